The average Bonchev–Trinajstić information content (AvgIpc) is 2.34. The summed E-state index contributed by atoms with van der Waals surface area (Å²) in [4.78, 5) is 0. The van der Waals surface area contributed by atoms with E-state index in [1.54, 1.807) is 0 Å². The lowest BCUT2D eigenvalue weighted by Gasteiger charge is -2.12. The van der Waals surface area contributed by atoms with Gasteiger partial charge in [0.05, 0.1) is 6.61 Å². The van der Waals surface area contributed by atoms with E-state index in [9.17, 15) is 0 Å². The fourth-order valence-corrected chi connectivity index (χ4v) is 2.85. The highest BCUT2D eigenvalue weighted by Gasteiger charge is 2.05. The minimum Gasteiger partial charge on any atom is -0.358 e. The van der Waals surface area contributed by atoms with Gasteiger partial charge in [-0.3, -0.25) is 0 Å². The van der Waals surface area contributed by atoms with E-state index >= 15 is 0 Å². The van der Waals surface area contributed by atoms with Crippen molar-refractivity contribution in [2.45, 2.75) is 46.5 Å². The molecular formula is C14H23OP. The van der Waals surface area contributed by atoms with Gasteiger partial charge in [0.2, 0.25) is 0 Å². The summed E-state index contributed by atoms with van der Waals surface area (Å²) in [5, 5.41) is 1.40. The zero-order chi connectivity index (χ0) is 11.8. The maximum atomic E-state index is 5.73. The molecule has 0 saturated carbocycles. The summed E-state index contributed by atoms with van der Waals surface area (Å²) in [6, 6.07) is 6.60. The van der Waals surface area contributed by atoms with Gasteiger partial charge < -0.3 is 4.52 Å². The van der Waals surface area contributed by atoms with E-state index in [2.05, 4.69) is 39.0 Å². The zero-order valence-electron chi connectivity index (χ0n) is 10.7. The van der Waals surface area contributed by atoms with E-state index in [1.807, 2.05) is 0 Å². The van der Waals surface area contributed by atoms with Crippen LogP contribution >= 0.6 is 8.81 Å². The van der Waals surface area contributed by atoms with E-state index in [0.717, 1.165) is 19.4 Å². The Hall–Kier alpha value is -0.390. The molecule has 0 amide bonds. The first-order valence-electron chi connectivity index (χ1n) is 6.32. The molecule has 0 aliphatic rings. The van der Waals surface area contributed by atoms with Gasteiger partial charge in [0.15, 0.2) is 0 Å². The molecule has 1 unspecified atom stereocenters. The monoisotopic (exact) mass is 238 g/mol. The Labute approximate surface area is 101 Å². The molecule has 0 heterocycles. The van der Waals surface area contributed by atoms with Crippen LogP contribution in [0.4, 0.5) is 0 Å². The minimum atomic E-state index is 0.519. The molecule has 1 aromatic carbocycles. The molecule has 0 fully saturated rings. The van der Waals surface area contributed by atoms with Crippen LogP contribution in [0.5, 0.6) is 0 Å². The van der Waals surface area contributed by atoms with Crippen molar-refractivity contribution >= 4 is 14.1 Å². The molecule has 0 spiro atoms. The second kappa shape index (κ2) is 7.81. The Bertz CT molecular complexity index is 310. The topological polar surface area (TPSA) is 9.23 Å². The van der Waals surface area contributed by atoms with Gasteiger partial charge in [-0.15, -0.1) is 0 Å². The lowest BCUT2D eigenvalue weighted by molar-refractivity contribution is 0.355. The van der Waals surface area contributed by atoms with Gasteiger partial charge in [-0.05, 0) is 30.4 Å². The maximum absolute atomic E-state index is 5.73. The molecule has 1 aromatic rings. The van der Waals surface area contributed by atoms with Gasteiger partial charge in [-0.25, -0.2) is 0 Å². The SMILES string of the molecule is CCCCOPc1cccc(CC)c1CC. The number of hydrogen-bond acceptors (Lipinski definition) is 1. The van der Waals surface area contributed by atoms with Crippen LogP contribution in [0.1, 0.15) is 44.7 Å². The van der Waals surface area contributed by atoms with Gasteiger partial charge in [0, 0.05) is 14.1 Å². The van der Waals surface area contributed by atoms with Crippen molar-refractivity contribution in [2.24, 2.45) is 0 Å². The third-order valence-electron chi connectivity index (χ3n) is 2.79. The quantitative estimate of drug-likeness (QED) is 0.518. The highest BCUT2D eigenvalue weighted by atomic mass is 31.1. The summed E-state index contributed by atoms with van der Waals surface area (Å²) in [6.07, 6.45) is 4.61. The zero-order valence-corrected chi connectivity index (χ0v) is 11.7. The average molecular weight is 238 g/mol. The fourth-order valence-electron chi connectivity index (χ4n) is 1.82. The highest BCUT2D eigenvalue weighted by molar-refractivity contribution is 7.42. The van der Waals surface area contributed by atoms with Crippen LogP contribution in [0.3, 0.4) is 0 Å². The second-order valence-corrected chi connectivity index (χ2v) is 4.99. The van der Waals surface area contributed by atoms with Gasteiger partial charge in [-0.2, -0.15) is 0 Å². The standard InChI is InChI=1S/C14H23OP/c1-4-7-11-15-16-14-10-8-9-12(5-2)13(14)6-3/h8-10,16H,4-7,11H2,1-3H3. The van der Waals surface area contributed by atoms with Crippen LogP contribution in [0.25, 0.3) is 0 Å². The van der Waals surface area contributed by atoms with Crippen LogP contribution < -0.4 is 5.30 Å². The van der Waals surface area contributed by atoms with Crippen molar-refractivity contribution in [3.8, 4) is 0 Å². The third-order valence-corrected chi connectivity index (χ3v) is 3.83. The molecule has 1 nitrogen and oxygen atoms in total. The predicted octanol–water partition coefficient (Wildman–Crippen LogP) is 3.85. The summed E-state index contributed by atoms with van der Waals surface area (Å²) in [7, 11) is 0.519. The number of unbranched alkanes of at least 4 members (excludes halogenated alkanes) is 1. The van der Waals surface area contributed by atoms with Crippen LogP contribution in [-0.2, 0) is 17.4 Å². The minimum absolute atomic E-state index is 0.519. The molecule has 2 heteroatoms. The van der Waals surface area contributed by atoms with Crippen LogP contribution in [0.2, 0.25) is 0 Å². The molecule has 0 aliphatic heterocycles. The number of hydrogen-bond donors (Lipinski definition) is 0. The maximum Gasteiger partial charge on any atom is 0.0509 e. The summed E-state index contributed by atoms with van der Waals surface area (Å²) < 4.78 is 5.73. The van der Waals surface area contributed by atoms with E-state index < -0.39 is 0 Å². The van der Waals surface area contributed by atoms with Gasteiger partial charge in [0.25, 0.3) is 0 Å². The van der Waals surface area contributed by atoms with Crippen molar-refractivity contribution < 1.29 is 4.52 Å². The number of aryl methyl sites for hydroxylation is 1. The predicted molar refractivity (Wildman–Crippen MR) is 74.0 cm³/mol. The van der Waals surface area contributed by atoms with Crippen molar-refractivity contribution in [1.82, 2.24) is 0 Å². The summed E-state index contributed by atoms with van der Waals surface area (Å²) in [6.45, 7) is 7.55. The third kappa shape index (κ3) is 3.88. The van der Waals surface area contributed by atoms with Crippen molar-refractivity contribution in [3.63, 3.8) is 0 Å². The molecule has 90 valence electrons. The van der Waals surface area contributed by atoms with Crippen molar-refractivity contribution in [1.29, 1.82) is 0 Å². The lowest BCUT2D eigenvalue weighted by Crippen LogP contribution is -2.07. The molecule has 1 rings (SSSR count). The van der Waals surface area contributed by atoms with E-state index in [0.29, 0.717) is 8.81 Å². The highest BCUT2D eigenvalue weighted by Crippen LogP contribution is 2.19. The van der Waals surface area contributed by atoms with Crippen LogP contribution in [0, 0.1) is 0 Å². The normalized spacial score (nSPS) is 11.4. The molecule has 0 aliphatic carbocycles. The van der Waals surface area contributed by atoms with E-state index in [-0.39, 0.29) is 0 Å². The summed E-state index contributed by atoms with van der Waals surface area (Å²) in [5.41, 5.74) is 2.98. The van der Waals surface area contributed by atoms with E-state index in [1.165, 1.54) is 29.3 Å². The molecule has 16 heavy (non-hydrogen) atoms. The van der Waals surface area contributed by atoms with Gasteiger partial charge in [-0.1, -0.05) is 45.4 Å². The number of rotatable bonds is 7. The Morgan fingerprint density at radius 2 is 1.94 bits per heavy atom. The first-order valence-corrected chi connectivity index (χ1v) is 7.22. The first-order chi connectivity index (χ1) is 7.83. The lowest BCUT2D eigenvalue weighted by atomic mass is 10.0. The van der Waals surface area contributed by atoms with Crippen molar-refractivity contribution in [2.75, 3.05) is 6.61 Å². The molecule has 0 saturated heterocycles. The van der Waals surface area contributed by atoms with Crippen molar-refractivity contribution in [3.05, 3.63) is 29.3 Å². The van der Waals surface area contributed by atoms with Gasteiger partial charge in [0.1, 0.15) is 0 Å². The summed E-state index contributed by atoms with van der Waals surface area (Å²) >= 11 is 0. The van der Waals surface area contributed by atoms with E-state index in [4.69, 9.17) is 4.52 Å². The fraction of sp³-hybridized carbons (Fsp3) is 0.571. The molecule has 0 aromatic heterocycles. The molecule has 0 N–H and O–H groups in total. The largest absolute Gasteiger partial charge is 0.358 e. The molecule has 0 radical (unpaired) electrons. The number of benzene rings is 1. The molecular weight excluding hydrogens is 215 g/mol. The Kier molecular flexibility index (Phi) is 6.68. The smallest absolute Gasteiger partial charge is 0.0509 e. The van der Waals surface area contributed by atoms with Crippen LogP contribution in [-0.4, -0.2) is 6.61 Å². The second-order valence-electron chi connectivity index (χ2n) is 3.95. The van der Waals surface area contributed by atoms with Crippen LogP contribution in [0.15, 0.2) is 18.2 Å². The first kappa shape index (κ1) is 13.7. The Morgan fingerprint density at radius 1 is 1.12 bits per heavy atom. The molecule has 1 atom stereocenters. The Morgan fingerprint density at radius 3 is 2.56 bits per heavy atom. The summed E-state index contributed by atoms with van der Waals surface area (Å²) in [5.74, 6) is 0. The molecule has 0 bridgehead atoms. The van der Waals surface area contributed by atoms with Gasteiger partial charge >= 0.3 is 0 Å². The Balaban J connectivity index is 2.63.